The minimum atomic E-state index is -1.07. The second-order valence-electron chi connectivity index (χ2n) is 4.60. The number of carboxylic acids is 1. The molecule has 0 fully saturated rings. The van der Waals surface area contributed by atoms with Gasteiger partial charge >= 0.3 is 5.97 Å². The van der Waals surface area contributed by atoms with E-state index in [-0.39, 0.29) is 12.4 Å². The van der Waals surface area contributed by atoms with Gasteiger partial charge in [0.25, 0.3) is 0 Å². The van der Waals surface area contributed by atoms with Crippen molar-refractivity contribution < 1.29 is 19.1 Å². The highest BCUT2D eigenvalue weighted by molar-refractivity contribution is 5.86. The van der Waals surface area contributed by atoms with E-state index < -0.39 is 17.9 Å². The number of aliphatic carboxylic acids is 1. The first kappa shape index (κ1) is 16.9. The van der Waals surface area contributed by atoms with Gasteiger partial charge in [-0.3, -0.25) is 4.79 Å². The van der Waals surface area contributed by atoms with Crippen LogP contribution in [-0.2, 0) is 9.59 Å². The largest absolute Gasteiger partial charge is 0.480 e. The van der Waals surface area contributed by atoms with E-state index in [0.717, 1.165) is 0 Å². The fourth-order valence-electron chi connectivity index (χ4n) is 1.75. The molecular weight excluding hydrogens is 277 g/mol. The second kappa shape index (κ2) is 8.91. The summed E-state index contributed by atoms with van der Waals surface area (Å²) in [6, 6.07) is 4.62. The number of carbonyl (C=O) groups is 2. The highest BCUT2D eigenvalue weighted by atomic mass is 19.1. The maximum absolute atomic E-state index is 12.7. The third kappa shape index (κ3) is 6.71. The molecule has 6 nitrogen and oxygen atoms in total. The molecule has 0 radical (unpaired) electrons. The van der Waals surface area contributed by atoms with Crippen LogP contribution < -0.4 is 16.4 Å². The van der Waals surface area contributed by atoms with Crippen molar-refractivity contribution in [2.45, 2.75) is 25.3 Å². The molecule has 7 heteroatoms. The van der Waals surface area contributed by atoms with Crippen LogP contribution in [-0.4, -0.2) is 36.1 Å². The summed E-state index contributed by atoms with van der Waals surface area (Å²) in [7, 11) is 0. The van der Waals surface area contributed by atoms with Gasteiger partial charge in [-0.05, 0) is 50.1 Å². The Morgan fingerprint density at radius 2 is 1.90 bits per heavy atom. The zero-order valence-electron chi connectivity index (χ0n) is 11.6. The van der Waals surface area contributed by atoms with E-state index in [1.165, 1.54) is 24.3 Å². The summed E-state index contributed by atoms with van der Waals surface area (Å²) in [5, 5.41) is 14.3. The minimum Gasteiger partial charge on any atom is -0.480 e. The summed E-state index contributed by atoms with van der Waals surface area (Å²) in [6.07, 6.45) is 1.70. The number of hydrogen-bond acceptors (Lipinski definition) is 4. The number of rotatable bonds is 9. The second-order valence-corrected chi connectivity index (χ2v) is 4.60. The lowest BCUT2D eigenvalue weighted by Crippen LogP contribution is -2.43. The number of hydrogen-bond donors (Lipinski definition) is 4. The molecule has 0 aliphatic rings. The van der Waals surface area contributed by atoms with Crippen molar-refractivity contribution in [3.63, 3.8) is 0 Å². The lowest BCUT2D eigenvalue weighted by Gasteiger charge is -2.15. The molecule has 1 aromatic carbocycles. The van der Waals surface area contributed by atoms with E-state index in [9.17, 15) is 14.0 Å². The van der Waals surface area contributed by atoms with Crippen LogP contribution in [0.5, 0.6) is 0 Å². The molecule has 1 atom stereocenters. The number of halogens is 1. The molecule has 0 spiro atoms. The first-order chi connectivity index (χ1) is 10.0. The van der Waals surface area contributed by atoms with Crippen molar-refractivity contribution in [2.75, 3.05) is 18.4 Å². The summed E-state index contributed by atoms with van der Waals surface area (Å²) >= 11 is 0. The van der Waals surface area contributed by atoms with Crippen molar-refractivity contribution in [2.24, 2.45) is 5.73 Å². The maximum atomic E-state index is 12.7. The average molecular weight is 297 g/mol. The molecule has 0 aliphatic carbocycles. The monoisotopic (exact) mass is 297 g/mol. The third-order valence-electron chi connectivity index (χ3n) is 2.88. The summed E-state index contributed by atoms with van der Waals surface area (Å²) < 4.78 is 12.7. The van der Waals surface area contributed by atoms with Crippen LogP contribution in [0.4, 0.5) is 10.1 Å². The number of carboxylic acid groups (broad SMARTS) is 1. The van der Waals surface area contributed by atoms with E-state index in [2.05, 4.69) is 10.6 Å². The van der Waals surface area contributed by atoms with Crippen molar-refractivity contribution in [3.05, 3.63) is 30.1 Å². The summed E-state index contributed by atoms with van der Waals surface area (Å²) in [5.41, 5.74) is 5.93. The van der Waals surface area contributed by atoms with Crippen LogP contribution in [0.3, 0.4) is 0 Å². The average Bonchev–Trinajstić information content (AvgIpc) is 2.45. The van der Waals surface area contributed by atoms with E-state index in [0.29, 0.717) is 31.5 Å². The van der Waals surface area contributed by atoms with Gasteiger partial charge < -0.3 is 21.5 Å². The Hall–Kier alpha value is -2.15. The maximum Gasteiger partial charge on any atom is 0.326 e. The highest BCUT2D eigenvalue weighted by Crippen LogP contribution is 2.07. The molecule has 1 unspecified atom stereocenters. The van der Waals surface area contributed by atoms with Gasteiger partial charge in [0.05, 0.1) is 6.54 Å². The molecular formula is C14H20FN3O3. The van der Waals surface area contributed by atoms with E-state index in [4.69, 9.17) is 10.8 Å². The molecule has 0 aromatic heterocycles. The van der Waals surface area contributed by atoms with Crippen LogP contribution in [0.25, 0.3) is 0 Å². The van der Waals surface area contributed by atoms with Crippen molar-refractivity contribution in [3.8, 4) is 0 Å². The molecule has 0 saturated heterocycles. The van der Waals surface area contributed by atoms with Crippen LogP contribution >= 0.6 is 0 Å². The zero-order valence-corrected chi connectivity index (χ0v) is 11.6. The Kier molecular flexibility index (Phi) is 7.17. The SMILES string of the molecule is NCCCCC(NC(=O)CNc1ccc(F)cc1)C(=O)O. The Balaban J connectivity index is 2.39. The molecule has 21 heavy (non-hydrogen) atoms. The van der Waals surface area contributed by atoms with Gasteiger partial charge in [-0.1, -0.05) is 0 Å². The van der Waals surface area contributed by atoms with Gasteiger partial charge in [0.1, 0.15) is 11.9 Å². The molecule has 0 aliphatic heterocycles. The predicted molar refractivity (Wildman–Crippen MR) is 77.4 cm³/mol. The quantitative estimate of drug-likeness (QED) is 0.508. The van der Waals surface area contributed by atoms with Crippen LogP contribution in [0.1, 0.15) is 19.3 Å². The molecule has 0 bridgehead atoms. The van der Waals surface area contributed by atoms with Gasteiger partial charge in [-0.25, -0.2) is 9.18 Å². The lowest BCUT2D eigenvalue weighted by atomic mass is 10.1. The zero-order chi connectivity index (χ0) is 15.7. The lowest BCUT2D eigenvalue weighted by molar-refractivity contribution is -0.141. The number of anilines is 1. The summed E-state index contributed by atoms with van der Waals surface area (Å²) in [5.74, 6) is -1.86. The molecule has 0 saturated carbocycles. The Labute approximate surface area is 122 Å². The smallest absolute Gasteiger partial charge is 0.326 e. The molecule has 1 rings (SSSR count). The molecule has 5 N–H and O–H groups in total. The fraction of sp³-hybridized carbons (Fsp3) is 0.429. The first-order valence-electron chi connectivity index (χ1n) is 6.74. The number of nitrogens with one attached hydrogen (secondary N) is 2. The van der Waals surface area contributed by atoms with Crippen molar-refractivity contribution >= 4 is 17.6 Å². The number of nitrogens with two attached hydrogens (primary N) is 1. The molecule has 0 heterocycles. The first-order valence-corrected chi connectivity index (χ1v) is 6.74. The predicted octanol–water partition coefficient (Wildman–Crippen LogP) is 0.936. The van der Waals surface area contributed by atoms with E-state index >= 15 is 0 Å². The van der Waals surface area contributed by atoms with Gasteiger partial charge in [0.15, 0.2) is 0 Å². The number of unbranched alkanes of at least 4 members (excludes halogenated alkanes) is 1. The number of carbonyl (C=O) groups excluding carboxylic acids is 1. The number of amides is 1. The van der Waals surface area contributed by atoms with Crippen LogP contribution in [0, 0.1) is 5.82 Å². The van der Waals surface area contributed by atoms with Crippen molar-refractivity contribution in [1.82, 2.24) is 5.32 Å². The third-order valence-corrected chi connectivity index (χ3v) is 2.88. The topological polar surface area (TPSA) is 104 Å². The minimum absolute atomic E-state index is 0.0771. The fourth-order valence-corrected chi connectivity index (χ4v) is 1.75. The number of benzene rings is 1. The normalized spacial score (nSPS) is 11.7. The van der Waals surface area contributed by atoms with E-state index in [1.807, 2.05) is 0 Å². The van der Waals surface area contributed by atoms with Gasteiger partial charge in [-0.15, -0.1) is 0 Å². The van der Waals surface area contributed by atoms with Gasteiger partial charge in [-0.2, -0.15) is 0 Å². The van der Waals surface area contributed by atoms with Gasteiger partial charge in [0.2, 0.25) is 5.91 Å². The standard InChI is InChI=1S/C14H20FN3O3/c15-10-4-6-11(7-5-10)17-9-13(19)18-12(14(20)21)3-1-2-8-16/h4-7,12,17H,1-3,8-9,16H2,(H,18,19)(H,20,21). The molecule has 1 aromatic rings. The molecule has 1 amide bonds. The Morgan fingerprint density at radius 3 is 2.48 bits per heavy atom. The van der Waals surface area contributed by atoms with Gasteiger partial charge in [0, 0.05) is 5.69 Å². The highest BCUT2D eigenvalue weighted by Gasteiger charge is 2.18. The van der Waals surface area contributed by atoms with Crippen molar-refractivity contribution in [1.29, 1.82) is 0 Å². The van der Waals surface area contributed by atoms with Crippen LogP contribution in [0.2, 0.25) is 0 Å². The molecule has 116 valence electrons. The summed E-state index contributed by atoms with van der Waals surface area (Å²) in [4.78, 5) is 22.7. The summed E-state index contributed by atoms with van der Waals surface area (Å²) in [6.45, 7) is 0.415. The van der Waals surface area contributed by atoms with E-state index in [1.54, 1.807) is 0 Å². The Morgan fingerprint density at radius 1 is 1.24 bits per heavy atom. The van der Waals surface area contributed by atoms with Crippen LogP contribution in [0.15, 0.2) is 24.3 Å². The Bertz CT molecular complexity index is 465.